The highest BCUT2D eigenvalue weighted by Crippen LogP contribution is 2.17. The molecule has 2 N–H and O–H groups in total. The Labute approximate surface area is 154 Å². The van der Waals surface area contributed by atoms with Crippen molar-refractivity contribution in [2.75, 3.05) is 13.2 Å². The fourth-order valence-corrected chi connectivity index (χ4v) is 2.62. The van der Waals surface area contributed by atoms with Crippen molar-refractivity contribution in [3.05, 3.63) is 65.7 Å². The smallest absolute Gasteiger partial charge is 0.255 e. The molecule has 0 aliphatic rings. The number of carbonyl (C=O) groups is 2. The van der Waals surface area contributed by atoms with Crippen LogP contribution in [0.25, 0.3) is 0 Å². The van der Waals surface area contributed by atoms with Crippen LogP contribution in [0.5, 0.6) is 5.75 Å². The van der Waals surface area contributed by atoms with E-state index in [2.05, 4.69) is 22.8 Å². The number of nitrogens with one attached hydrogen (secondary N) is 2. The second-order valence-electron chi connectivity index (χ2n) is 6.10. The third kappa shape index (κ3) is 6.24. The van der Waals surface area contributed by atoms with Crippen molar-refractivity contribution in [2.24, 2.45) is 0 Å². The van der Waals surface area contributed by atoms with Crippen LogP contribution >= 0.6 is 0 Å². The van der Waals surface area contributed by atoms with E-state index >= 15 is 0 Å². The molecule has 0 saturated heterocycles. The molecule has 0 aromatic heterocycles. The van der Waals surface area contributed by atoms with E-state index in [1.165, 1.54) is 5.56 Å². The van der Waals surface area contributed by atoms with E-state index in [0.29, 0.717) is 17.9 Å². The highest BCUT2D eigenvalue weighted by molar-refractivity contribution is 5.98. The van der Waals surface area contributed by atoms with E-state index in [1.807, 2.05) is 38.1 Å². The molecule has 0 radical (unpaired) electrons. The molecule has 2 aromatic rings. The molecule has 0 bridgehead atoms. The molecule has 5 nitrogen and oxygen atoms in total. The van der Waals surface area contributed by atoms with Gasteiger partial charge in [0.05, 0.1) is 18.7 Å². The van der Waals surface area contributed by atoms with Gasteiger partial charge in [-0.15, -0.1) is 0 Å². The monoisotopic (exact) mass is 354 g/mol. The average Bonchev–Trinajstić information content (AvgIpc) is 2.66. The molecule has 1 atom stereocenters. The van der Waals surface area contributed by atoms with Crippen molar-refractivity contribution in [3.8, 4) is 5.75 Å². The number of aryl methyl sites for hydroxylation is 1. The van der Waals surface area contributed by atoms with Crippen LogP contribution in [-0.2, 0) is 11.2 Å². The van der Waals surface area contributed by atoms with Gasteiger partial charge in [-0.1, -0.05) is 42.5 Å². The fraction of sp³-hybridized carbons (Fsp3) is 0.333. The summed E-state index contributed by atoms with van der Waals surface area (Å²) in [5.41, 5.74) is 1.67. The molecular weight excluding hydrogens is 328 g/mol. The second-order valence-corrected chi connectivity index (χ2v) is 6.10. The first-order chi connectivity index (χ1) is 12.6. The third-order valence-electron chi connectivity index (χ3n) is 3.96. The summed E-state index contributed by atoms with van der Waals surface area (Å²) in [6, 6.07) is 17.2. The molecule has 0 spiro atoms. The summed E-state index contributed by atoms with van der Waals surface area (Å²) in [6.45, 7) is 4.24. The van der Waals surface area contributed by atoms with Crippen molar-refractivity contribution >= 4 is 11.8 Å². The molecule has 2 rings (SSSR count). The van der Waals surface area contributed by atoms with Gasteiger partial charge < -0.3 is 15.4 Å². The standard InChI is InChI=1S/C21H26N2O3/c1-3-26-19-12-8-7-11-18(19)21(25)22-15-20(24)23-16(2)13-14-17-9-5-4-6-10-17/h4-12,16H,3,13-15H2,1-2H3,(H,22,25)(H,23,24). The topological polar surface area (TPSA) is 67.4 Å². The van der Waals surface area contributed by atoms with Crippen molar-refractivity contribution < 1.29 is 14.3 Å². The molecule has 2 aromatic carbocycles. The minimum Gasteiger partial charge on any atom is -0.493 e. The SMILES string of the molecule is CCOc1ccccc1C(=O)NCC(=O)NC(C)CCc1ccccc1. The number of ether oxygens (including phenoxy) is 1. The number of hydrogen-bond donors (Lipinski definition) is 2. The van der Waals surface area contributed by atoms with Crippen molar-refractivity contribution in [1.82, 2.24) is 10.6 Å². The summed E-state index contributed by atoms with van der Waals surface area (Å²) in [5.74, 6) is -0.00178. The Balaban J connectivity index is 1.76. The molecule has 1 unspecified atom stereocenters. The van der Waals surface area contributed by atoms with Crippen LogP contribution in [0, 0.1) is 0 Å². The predicted octanol–water partition coefficient (Wildman–Crippen LogP) is 2.95. The molecule has 26 heavy (non-hydrogen) atoms. The number of hydrogen-bond acceptors (Lipinski definition) is 3. The molecule has 0 saturated carbocycles. The zero-order valence-electron chi connectivity index (χ0n) is 15.3. The zero-order chi connectivity index (χ0) is 18.8. The molecule has 0 fully saturated rings. The minimum absolute atomic E-state index is 0.0373. The lowest BCUT2D eigenvalue weighted by Gasteiger charge is -2.15. The van der Waals surface area contributed by atoms with Gasteiger partial charge in [0.25, 0.3) is 5.91 Å². The largest absolute Gasteiger partial charge is 0.493 e. The van der Waals surface area contributed by atoms with Crippen molar-refractivity contribution in [2.45, 2.75) is 32.7 Å². The summed E-state index contributed by atoms with van der Waals surface area (Å²) in [7, 11) is 0. The van der Waals surface area contributed by atoms with Crippen LogP contribution in [0.3, 0.4) is 0 Å². The normalized spacial score (nSPS) is 11.5. The minimum atomic E-state index is -0.318. The lowest BCUT2D eigenvalue weighted by atomic mass is 10.1. The van der Waals surface area contributed by atoms with Gasteiger partial charge in [0, 0.05) is 6.04 Å². The van der Waals surface area contributed by atoms with Crippen LogP contribution < -0.4 is 15.4 Å². The first kappa shape index (κ1) is 19.5. The van der Waals surface area contributed by atoms with Gasteiger partial charge in [-0.3, -0.25) is 9.59 Å². The van der Waals surface area contributed by atoms with E-state index in [1.54, 1.807) is 18.2 Å². The quantitative estimate of drug-likeness (QED) is 0.727. The van der Waals surface area contributed by atoms with E-state index in [9.17, 15) is 9.59 Å². The molecule has 0 heterocycles. The van der Waals surface area contributed by atoms with E-state index in [0.717, 1.165) is 12.8 Å². The van der Waals surface area contributed by atoms with Crippen LogP contribution in [0.4, 0.5) is 0 Å². The Morgan fingerprint density at radius 1 is 1.04 bits per heavy atom. The lowest BCUT2D eigenvalue weighted by Crippen LogP contribution is -2.41. The molecule has 0 aliphatic carbocycles. The summed E-state index contributed by atoms with van der Waals surface area (Å²) < 4.78 is 5.44. The number of para-hydroxylation sites is 1. The summed E-state index contributed by atoms with van der Waals surface area (Å²) in [6.07, 6.45) is 1.74. The Morgan fingerprint density at radius 2 is 1.73 bits per heavy atom. The lowest BCUT2D eigenvalue weighted by molar-refractivity contribution is -0.120. The van der Waals surface area contributed by atoms with E-state index in [-0.39, 0.29) is 24.4 Å². The Kier molecular flexibility index (Phi) is 7.68. The van der Waals surface area contributed by atoms with Gasteiger partial charge in [-0.25, -0.2) is 0 Å². The van der Waals surface area contributed by atoms with E-state index < -0.39 is 0 Å². The summed E-state index contributed by atoms with van der Waals surface area (Å²) >= 11 is 0. The van der Waals surface area contributed by atoms with Crippen molar-refractivity contribution in [1.29, 1.82) is 0 Å². The van der Waals surface area contributed by atoms with Gasteiger partial charge in [-0.2, -0.15) is 0 Å². The van der Waals surface area contributed by atoms with Crippen LogP contribution in [-0.4, -0.2) is 31.0 Å². The highest BCUT2D eigenvalue weighted by Gasteiger charge is 2.14. The maximum Gasteiger partial charge on any atom is 0.255 e. The van der Waals surface area contributed by atoms with Gasteiger partial charge in [0.1, 0.15) is 5.75 Å². The molecule has 0 aliphatic heterocycles. The Morgan fingerprint density at radius 3 is 2.46 bits per heavy atom. The van der Waals surface area contributed by atoms with Crippen LogP contribution in [0.2, 0.25) is 0 Å². The van der Waals surface area contributed by atoms with Gasteiger partial charge in [-0.05, 0) is 44.4 Å². The number of amides is 2. The highest BCUT2D eigenvalue weighted by atomic mass is 16.5. The average molecular weight is 354 g/mol. The number of benzene rings is 2. The molecule has 2 amide bonds. The van der Waals surface area contributed by atoms with Crippen molar-refractivity contribution in [3.63, 3.8) is 0 Å². The first-order valence-corrected chi connectivity index (χ1v) is 8.93. The Hall–Kier alpha value is -2.82. The van der Waals surface area contributed by atoms with Gasteiger partial charge in [0.2, 0.25) is 5.91 Å². The predicted molar refractivity (Wildman–Crippen MR) is 102 cm³/mol. The maximum absolute atomic E-state index is 12.3. The Bertz CT molecular complexity index is 716. The number of carbonyl (C=O) groups excluding carboxylic acids is 2. The number of rotatable bonds is 9. The molecule has 138 valence electrons. The second kappa shape index (κ2) is 10.2. The van der Waals surface area contributed by atoms with Crippen LogP contribution in [0.15, 0.2) is 54.6 Å². The van der Waals surface area contributed by atoms with Gasteiger partial charge >= 0.3 is 0 Å². The zero-order valence-corrected chi connectivity index (χ0v) is 15.3. The van der Waals surface area contributed by atoms with Crippen LogP contribution in [0.1, 0.15) is 36.2 Å². The third-order valence-corrected chi connectivity index (χ3v) is 3.96. The molecule has 5 heteroatoms. The summed E-state index contributed by atoms with van der Waals surface area (Å²) in [4.78, 5) is 24.3. The summed E-state index contributed by atoms with van der Waals surface area (Å²) in [5, 5.41) is 5.56. The fourth-order valence-electron chi connectivity index (χ4n) is 2.62. The van der Waals surface area contributed by atoms with E-state index in [4.69, 9.17) is 4.74 Å². The first-order valence-electron chi connectivity index (χ1n) is 8.93. The van der Waals surface area contributed by atoms with Gasteiger partial charge in [0.15, 0.2) is 0 Å². The molecular formula is C21H26N2O3. The maximum atomic E-state index is 12.3.